The molecule has 0 aliphatic carbocycles. The Labute approximate surface area is 120 Å². The summed E-state index contributed by atoms with van der Waals surface area (Å²) < 4.78 is 11.6. The zero-order valence-electron chi connectivity index (χ0n) is 10.6. The molecule has 19 heavy (non-hydrogen) atoms. The molecule has 1 N–H and O–H groups in total. The van der Waals surface area contributed by atoms with Crippen molar-refractivity contribution < 1.29 is 14.6 Å². The third-order valence-electron chi connectivity index (χ3n) is 2.59. The Morgan fingerprint density at radius 3 is 2.68 bits per heavy atom. The van der Waals surface area contributed by atoms with Crippen LogP contribution in [0.5, 0.6) is 17.4 Å². The standard InChI is InChI=1S/C14H14BrNO3/c1-9(17)10-5-6-16-14(7-10)19-13-4-3-11(18-2)8-12(13)15/h3-9,17H,1-2H3. The van der Waals surface area contributed by atoms with E-state index in [-0.39, 0.29) is 0 Å². The van der Waals surface area contributed by atoms with Gasteiger partial charge in [-0.3, -0.25) is 0 Å². The Balaban J connectivity index is 2.23. The lowest BCUT2D eigenvalue weighted by molar-refractivity contribution is 0.198. The summed E-state index contributed by atoms with van der Waals surface area (Å²) >= 11 is 3.41. The number of rotatable bonds is 4. The molecule has 0 spiro atoms. The average Bonchev–Trinajstić information content (AvgIpc) is 2.41. The van der Waals surface area contributed by atoms with Crippen molar-refractivity contribution in [1.29, 1.82) is 0 Å². The first-order valence-electron chi connectivity index (χ1n) is 5.75. The molecular formula is C14H14BrNO3. The van der Waals surface area contributed by atoms with E-state index in [2.05, 4.69) is 20.9 Å². The minimum absolute atomic E-state index is 0.435. The van der Waals surface area contributed by atoms with Gasteiger partial charge in [0.15, 0.2) is 0 Å². The molecule has 1 unspecified atom stereocenters. The van der Waals surface area contributed by atoms with E-state index in [0.29, 0.717) is 11.6 Å². The van der Waals surface area contributed by atoms with E-state index in [1.165, 1.54) is 0 Å². The Kier molecular flexibility index (Phi) is 4.39. The first kappa shape index (κ1) is 13.8. The van der Waals surface area contributed by atoms with E-state index in [4.69, 9.17) is 9.47 Å². The summed E-state index contributed by atoms with van der Waals surface area (Å²) in [5, 5.41) is 9.53. The van der Waals surface area contributed by atoms with Crippen LogP contribution in [0.25, 0.3) is 0 Å². The van der Waals surface area contributed by atoms with Crippen LogP contribution in [-0.2, 0) is 0 Å². The van der Waals surface area contributed by atoms with Gasteiger partial charge in [-0.15, -0.1) is 0 Å². The van der Waals surface area contributed by atoms with E-state index in [1.807, 2.05) is 6.07 Å². The minimum atomic E-state index is -0.551. The molecule has 0 fully saturated rings. The van der Waals surface area contributed by atoms with Crippen molar-refractivity contribution in [2.45, 2.75) is 13.0 Å². The number of ether oxygens (including phenoxy) is 2. The van der Waals surface area contributed by atoms with Crippen LogP contribution in [0.1, 0.15) is 18.6 Å². The summed E-state index contributed by atoms with van der Waals surface area (Å²) in [4.78, 5) is 4.12. The highest BCUT2D eigenvalue weighted by atomic mass is 79.9. The molecule has 1 heterocycles. The molecule has 100 valence electrons. The normalized spacial score (nSPS) is 12.0. The zero-order chi connectivity index (χ0) is 13.8. The molecule has 2 aromatic rings. The number of aliphatic hydroxyl groups excluding tert-OH is 1. The summed E-state index contributed by atoms with van der Waals surface area (Å²) in [5.41, 5.74) is 0.759. The lowest BCUT2D eigenvalue weighted by Crippen LogP contribution is -1.94. The Morgan fingerprint density at radius 2 is 2.05 bits per heavy atom. The van der Waals surface area contributed by atoms with Gasteiger partial charge in [-0.2, -0.15) is 0 Å². The number of pyridine rings is 1. The van der Waals surface area contributed by atoms with Crippen LogP contribution in [0.15, 0.2) is 41.0 Å². The molecule has 1 aromatic carbocycles. The van der Waals surface area contributed by atoms with Gasteiger partial charge >= 0.3 is 0 Å². The van der Waals surface area contributed by atoms with Gasteiger partial charge in [-0.1, -0.05) is 0 Å². The van der Waals surface area contributed by atoms with E-state index >= 15 is 0 Å². The summed E-state index contributed by atoms with van der Waals surface area (Å²) in [5.74, 6) is 1.81. The van der Waals surface area contributed by atoms with Gasteiger partial charge in [0.05, 0.1) is 17.7 Å². The minimum Gasteiger partial charge on any atom is -0.497 e. The number of halogens is 1. The Bertz CT molecular complexity index is 572. The predicted molar refractivity (Wildman–Crippen MR) is 75.6 cm³/mol. The number of benzene rings is 1. The van der Waals surface area contributed by atoms with Gasteiger partial charge in [0.25, 0.3) is 0 Å². The molecule has 0 radical (unpaired) electrons. The van der Waals surface area contributed by atoms with Gasteiger partial charge in [0.1, 0.15) is 11.5 Å². The average molecular weight is 324 g/mol. The second-order valence-electron chi connectivity index (χ2n) is 4.00. The maximum atomic E-state index is 9.53. The molecule has 1 aromatic heterocycles. The third kappa shape index (κ3) is 3.45. The summed E-state index contributed by atoms with van der Waals surface area (Å²) in [7, 11) is 1.61. The molecule has 0 aliphatic rings. The summed E-state index contributed by atoms with van der Waals surface area (Å²) in [6.45, 7) is 1.70. The van der Waals surface area contributed by atoms with Crippen molar-refractivity contribution in [2.75, 3.05) is 7.11 Å². The molecule has 5 heteroatoms. The van der Waals surface area contributed by atoms with Gasteiger partial charge in [-0.05, 0) is 52.7 Å². The second kappa shape index (κ2) is 6.04. The highest BCUT2D eigenvalue weighted by molar-refractivity contribution is 9.10. The number of hydrogen-bond acceptors (Lipinski definition) is 4. The maximum Gasteiger partial charge on any atom is 0.219 e. The van der Waals surface area contributed by atoms with Gasteiger partial charge in [0.2, 0.25) is 5.88 Å². The van der Waals surface area contributed by atoms with Gasteiger partial charge in [-0.25, -0.2) is 4.98 Å². The van der Waals surface area contributed by atoms with Crippen LogP contribution in [-0.4, -0.2) is 17.2 Å². The third-order valence-corrected chi connectivity index (χ3v) is 3.21. The topological polar surface area (TPSA) is 51.6 Å². The van der Waals surface area contributed by atoms with E-state index in [0.717, 1.165) is 15.8 Å². The fraction of sp³-hybridized carbons (Fsp3) is 0.214. The van der Waals surface area contributed by atoms with Crippen molar-refractivity contribution >= 4 is 15.9 Å². The predicted octanol–water partition coefficient (Wildman–Crippen LogP) is 3.70. The van der Waals surface area contributed by atoms with Crippen molar-refractivity contribution in [2.24, 2.45) is 0 Å². The largest absolute Gasteiger partial charge is 0.497 e. The van der Waals surface area contributed by atoms with Crippen LogP contribution >= 0.6 is 15.9 Å². The molecule has 0 amide bonds. The molecule has 0 bridgehead atoms. The Morgan fingerprint density at radius 1 is 1.26 bits per heavy atom. The lowest BCUT2D eigenvalue weighted by atomic mass is 10.2. The first-order chi connectivity index (χ1) is 9.10. The molecule has 1 atom stereocenters. The molecule has 0 saturated carbocycles. The molecule has 0 aliphatic heterocycles. The fourth-order valence-corrected chi connectivity index (χ4v) is 1.98. The monoisotopic (exact) mass is 323 g/mol. The lowest BCUT2D eigenvalue weighted by Gasteiger charge is -2.10. The van der Waals surface area contributed by atoms with Crippen molar-refractivity contribution in [3.05, 3.63) is 46.6 Å². The Hall–Kier alpha value is -1.59. The molecular weight excluding hydrogens is 310 g/mol. The smallest absolute Gasteiger partial charge is 0.219 e. The van der Waals surface area contributed by atoms with Crippen molar-refractivity contribution in [3.63, 3.8) is 0 Å². The summed E-state index contributed by atoms with van der Waals surface area (Å²) in [6, 6.07) is 8.87. The van der Waals surface area contributed by atoms with Gasteiger partial charge < -0.3 is 14.6 Å². The van der Waals surface area contributed by atoms with Crippen molar-refractivity contribution in [1.82, 2.24) is 4.98 Å². The van der Waals surface area contributed by atoms with E-state index in [1.54, 1.807) is 44.5 Å². The van der Waals surface area contributed by atoms with Crippen LogP contribution < -0.4 is 9.47 Å². The van der Waals surface area contributed by atoms with Gasteiger partial charge in [0, 0.05) is 12.3 Å². The zero-order valence-corrected chi connectivity index (χ0v) is 12.2. The SMILES string of the molecule is COc1ccc(Oc2cc(C(C)O)ccn2)c(Br)c1. The number of methoxy groups -OCH3 is 1. The highest BCUT2D eigenvalue weighted by Gasteiger charge is 2.07. The second-order valence-corrected chi connectivity index (χ2v) is 4.86. The number of hydrogen-bond donors (Lipinski definition) is 1. The van der Waals surface area contributed by atoms with E-state index < -0.39 is 6.10 Å². The molecule has 2 rings (SSSR count). The van der Waals surface area contributed by atoms with E-state index in [9.17, 15) is 5.11 Å². The first-order valence-corrected chi connectivity index (χ1v) is 6.55. The number of aromatic nitrogens is 1. The van der Waals surface area contributed by atoms with Crippen LogP contribution in [0, 0.1) is 0 Å². The maximum absolute atomic E-state index is 9.53. The number of aliphatic hydroxyl groups is 1. The highest BCUT2D eigenvalue weighted by Crippen LogP contribution is 2.32. The van der Waals surface area contributed by atoms with Crippen LogP contribution in [0.2, 0.25) is 0 Å². The summed E-state index contributed by atoms with van der Waals surface area (Å²) in [6.07, 6.45) is 1.05. The molecule has 4 nitrogen and oxygen atoms in total. The van der Waals surface area contributed by atoms with Crippen LogP contribution in [0.4, 0.5) is 0 Å². The van der Waals surface area contributed by atoms with Crippen molar-refractivity contribution in [3.8, 4) is 17.4 Å². The fourth-order valence-electron chi connectivity index (χ4n) is 1.54. The number of nitrogens with zero attached hydrogens (tertiary/aromatic N) is 1. The van der Waals surface area contributed by atoms with Crippen LogP contribution in [0.3, 0.4) is 0 Å². The molecule has 0 saturated heterocycles. The quantitative estimate of drug-likeness (QED) is 0.932.